The molecule has 2 aliphatic rings. The lowest BCUT2D eigenvalue weighted by atomic mass is 9.46. The maximum Gasteiger partial charge on any atom is 0.102 e. The molecule has 3 heteroatoms. The van der Waals surface area contributed by atoms with E-state index >= 15 is 0 Å². The van der Waals surface area contributed by atoms with E-state index < -0.39 is 12.2 Å². The SMILES string of the molecule is C=C1[C@@H](O)[C@H](O)[C@H]2C(C)(C)CCC[C@@]2(C)[C@@H]1C=Cc1ccoc1. The first kappa shape index (κ1) is 16.5. The molecule has 0 aromatic carbocycles. The van der Waals surface area contributed by atoms with Gasteiger partial charge in [0.05, 0.1) is 18.6 Å². The van der Waals surface area contributed by atoms with E-state index in [2.05, 4.69) is 33.4 Å². The summed E-state index contributed by atoms with van der Waals surface area (Å²) in [7, 11) is 0. The van der Waals surface area contributed by atoms with Gasteiger partial charge in [-0.05, 0) is 41.2 Å². The van der Waals surface area contributed by atoms with E-state index in [1.165, 1.54) is 0 Å². The van der Waals surface area contributed by atoms with Gasteiger partial charge in [0.2, 0.25) is 0 Å². The number of aliphatic hydroxyl groups is 2. The van der Waals surface area contributed by atoms with Crippen LogP contribution in [-0.2, 0) is 0 Å². The van der Waals surface area contributed by atoms with Gasteiger partial charge in [0.15, 0.2) is 0 Å². The quantitative estimate of drug-likeness (QED) is 0.810. The average Bonchev–Trinajstić information content (AvgIpc) is 2.97. The zero-order valence-corrected chi connectivity index (χ0v) is 14.3. The molecular weight excluding hydrogens is 288 g/mol. The Morgan fingerprint density at radius 2 is 2.00 bits per heavy atom. The molecule has 0 aliphatic heterocycles. The maximum absolute atomic E-state index is 10.8. The second kappa shape index (κ2) is 5.64. The second-order valence-corrected chi connectivity index (χ2v) is 8.23. The number of rotatable bonds is 2. The minimum atomic E-state index is -0.857. The predicted molar refractivity (Wildman–Crippen MR) is 91.6 cm³/mol. The van der Waals surface area contributed by atoms with Crippen molar-refractivity contribution in [2.75, 3.05) is 0 Å². The van der Waals surface area contributed by atoms with Crippen LogP contribution in [0.3, 0.4) is 0 Å². The predicted octanol–water partition coefficient (Wildman–Crippen LogP) is 4.03. The van der Waals surface area contributed by atoms with Crippen LogP contribution in [0.5, 0.6) is 0 Å². The third-order valence-electron chi connectivity index (χ3n) is 6.27. The summed E-state index contributed by atoms with van der Waals surface area (Å²) in [5.41, 5.74) is 1.66. The Hall–Kier alpha value is -1.32. The van der Waals surface area contributed by atoms with Gasteiger partial charge in [-0.2, -0.15) is 0 Å². The van der Waals surface area contributed by atoms with Gasteiger partial charge in [-0.25, -0.2) is 0 Å². The van der Waals surface area contributed by atoms with Crippen molar-refractivity contribution >= 4 is 6.08 Å². The molecule has 2 saturated carbocycles. The minimum Gasteiger partial charge on any atom is -0.472 e. The number of aliphatic hydroxyl groups excluding tert-OH is 2. The Labute approximate surface area is 138 Å². The Bertz CT molecular complexity index is 598. The summed E-state index contributed by atoms with van der Waals surface area (Å²) in [5.74, 6) is 0.114. The van der Waals surface area contributed by atoms with Crippen molar-refractivity contribution in [1.29, 1.82) is 0 Å². The summed E-state index contributed by atoms with van der Waals surface area (Å²) >= 11 is 0. The standard InChI is InChI=1S/C20H28O3/c1-13-15(7-6-14-8-11-23-12-14)20(4)10-5-9-19(2,3)18(20)17(22)16(13)21/h6-8,11-12,15-18,21-22H,1,5,9-10H2,2-4H3/t15-,16-,17+,18+,20+/m1/s1. The van der Waals surface area contributed by atoms with Crippen LogP contribution in [0.4, 0.5) is 0 Å². The highest BCUT2D eigenvalue weighted by molar-refractivity contribution is 5.49. The molecule has 0 bridgehead atoms. The van der Waals surface area contributed by atoms with Crippen LogP contribution in [0.25, 0.3) is 6.08 Å². The first-order valence-electron chi connectivity index (χ1n) is 8.52. The van der Waals surface area contributed by atoms with E-state index in [1.807, 2.05) is 12.1 Å². The van der Waals surface area contributed by atoms with E-state index in [0.29, 0.717) is 0 Å². The van der Waals surface area contributed by atoms with Crippen LogP contribution in [0.15, 0.2) is 41.2 Å². The highest BCUT2D eigenvalue weighted by Crippen LogP contribution is 2.61. The van der Waals surface area contributed by atoms with Crippen molar-refractivity contribution in [3.05, 3.63) is 42.4 Å². The number of furan rings is 1. The Balaban J connectivity index is 2.01. The summed E-state index contributed by atoms with van der Waals surface area (Å²) in [6.07, 6.45) is 9.22. The zero-order chi connectivity index (χ0) is 16.8. The van der Waals surface area contributed by atoms with Gasteiger partial charge in [0, 0.05) is 11.5 Å². The second-order valence-electron chi connectivity index (χ2n) is 8.23. The molecule has 3 rings (SSSR count). The van der Waals surface area contributed by atoms with Crippen molar-refractivity contribution in [2.24, 2.45) is 22.7 Å². The van der Waals surface area contributed by atoms with Crippen molar-refractivity contribution in [3.8, 4) is 0 Å². The average molecular weight is 316 g/mol. The van der Waals surface area contributed by atoms with Gasteiger partial charge < -0.3 is 14.6 Å². The summed E-state index contributed by atoms with van der Waals surface area (Å²) in [5, 5.41) is 21.3. The van der Waals surface area contributed by atoms with Gasteiger partial charge in [-0.15, -0.1) is 0 Å². The summed E-state index contributed by atoms with van der Waals surface area (Å²) in [6.45, 7) is 10.8. The molecule has 0 unspecified atom stereocenters. The first-order chi connectivity index (χ1) is 10.8. The molecule has 3 nitrogen and oxygen atoms in total. The minimum absolute atomic E-state index is 0.00975. The molecule has 1 aromatic heterocycles. The molecule has 0 saturated heterocycles. The monoisotopic (exact) mass is 316 g/mol. The fourth-order valence-corrected chi connectivity index (χ4v) is 5.26. The summed E-state index contributed by atoms with van der Waals surface area (Å²) < 4.78 is 5.12. The van der Waals surface area contributed by atoms with Crippen LogP contribution in [-0.4, -0.2) is 22.4 Å². The Kier molecular flexibility index (Phi) is 4.06. The van der Waals surface area contributed by atoms with Crippen molar-refractivity contribution in [2.45, 2.75) is 52.2 Å². The van der Waals surface area contributed by atoms with Crippen LogP contribution in [0.1, 0.15) is 45.6 Å². The number of fused-ring (bicyclic) bond motifs is 1. The van der Waals surface area contributed by atoms with Gasteiger partial charge in [0.25, 0.3) is 0 Å². The molecule has 126 valence electrons. The highest BCUT2D eigenvalue weighted by atomic mass is 16.3. The van der Waals surface area contributed by atoms with Crippen molar-refractivity contribution in [3.63, 3.8) is 0 Å². The van der Waals surface area contributed by atoms with Gasteiger partial charge in [-0.1, -0.05) is 45.9 Å². The van der Waals surface area contributed by atoms with Crippen LogP contribution in [0.2, 0.25) is 0 Å². The highest BCUT2D eigenvalue weighted by Gasteiger charge is 2.58. The van der Waals surface area contributed by atoms with E-state index in [9.17, 15) is 10.2 Å². The normalized spacial score (nSPS) is 40.3. The number of allylic oxidation sites excluding steroid dienone is 1. The fraction of sp³-hybridized carbons (Fsp3) is 0.600. The fourth-order valence-electron chi connectivity index (χ4n) is 5.26. The molecule has 2 fully saturated rings. The maximum atomic E-state index is 10.8. The molecule has 5 atom stereocenters. The Morgan fingerprint density at radius 3 is 2.65 bits per heavy atom. The zero-order valence-electron chi connectivity index (χ0n) is 14.3. The largest absolute Gasteiger partial charge is 0.472 e. The van der Waals surface area contributed by atoms with Crippen LogP contribution in [0, 0.1) is 22.7 Å². The van der Waals surface area contributed by atoms with Crippen molar-refractivity contribution in [1.82, 2.24) is 0 Å². The molecule has 0 radical (unpaired) electrons. The lowest BCUT2D eigenvalue weighted by molar-refractivity contribution is -0.150. The van der Waals surface area contributed by atoms with Crippen LogP contribution < -0.4 is 0 Å². The topological polar surface area (TPSA) is 53.6 Å². The molecule has 1 heterocycles. The van der Waals surface area contributed by atoms with E-state index in [4.69, 9.17) is 4.42 Å². The lowest BCUT2D eigenvalue weighted by Gasteiger charge is -2.60. The molecule has 0 amide bonds. The molecule has 0 spiro atoms. The molecule has 2 aliphatic carbocycles. The smallest absolute Gasteiger partial charge is 0.102 e. The van der Waals surface area contributed by atoms with Gasteiger partial charge >= 0.3 is 0 Å². The van der Waals surface area contributed by atoms with E-state index in [1.54, 1.807) is 12.5 Å². The van der Waals surface area contributed by atoms with Crippen molar-refractivity contribution < 1.29 is 14.6 Å². The van der Waals surface area contributed by atoms with E-state index in [-0.39, 0.29) is 22.7 Å². The molecule has 2 N–H and O–H groups in total. The summed E-state index contributed by atoms with van der Waals surface area (Å²) in [4.78, 5) is 0. The number of hydrogen-bond donors (Lipinski definition) is 2. The van der Waals surface area contributed by atoms with E-state index in [0.717, 1.165) is 30.4 Å². The summed E-state index contributed by atoms with van der Waals surface area (Å²) in [6, 6.07) is 1.91. The third-order valence-corrected chi connectivity index (χ3v) is 6.27. The van der Waals surface area contributed by atoms with Gasteiger partial charge in [-0.3, -0.25) is 0 Å². The lowest BCUT2D eigenvalue weighted by Crippen LogP contribution is -2.59. The molecular formula is C20H28O3. The number of hydrogen-bond acceptors (Lipinski definition) is 3. The third kappa shape index (κ3) is 2.60. The molecule has 23 heavy (non-hydrogen) atoms. The first-order valence-corrected chi connectivity index (χ1v) is 8.52. The Morgan fingerprint density at radius 1 is 1.26 bits per heavy atom. The molecule has 1 aromatic rings. The van der Waals surface area contributed by atoms with Gasteiger partial charge in [0.1, 0.15) is 6.10 Å². The van der Waals surface area contributed by atoms with Crippen LogP contribution >= 0.6 is 0 Å².